The number of rotatable bonds is 2. The highest BCUT2D eigenvalue weighted by atomic mass is 32.2. The first kappa shape index (κ1) is 9.36. The Kier molecular flexibility index (Phi) is 3.38. The molecule has 1 aromatic heterocycles. The summed E-state index contributed by atoms with van der Waals surface area (Å²) in [6, 6.07) is 1.89. The highest BCUT2D eigenvalue weighted by Gasteiger charge is 2.00. The molecule has 1 rings (SSSR count). The van der Waals surface area contributed by atoms with Crippen molar-refractivity contribution in [3.8, 4) is 5.40 Å². The first-order valence-electron chi connectivity index (χ1n) is 3.22. The number of hydrogen-bond donors (Lipinski definition) is 0. The van der Waals surface area contributed by atoms with E-state index in [-0.39, 0.29) is 0 Å². The Bertz CT molecular complexity index is 319. The van der Waals surface area contributed by atoms with Crippen LogP contribution >= 0.6 is 23.5 Å². The van der Waals surface area contributed by atoms with Crippen LogP contribution < -0.4 is 0 Å². The fourth-order valence-electron chi connectivity index (χ4n) is 0.704. The van der Waals surface area contributed by atoms with E-state index in [4.69, 9.17) is 5.26 Å². The number of hydrogen-bond acceptors (Lipinski definition) is 5. The van der Waals surface area contributed by atoms with Gasteiger partial charge in [-0.25, -0.2) is 9.97 Å². The van der Waals surface area contributed by atoms with Gasteiger partial charge < -0.3 is 0 Å². The number of nitrogens with zero attached hydrogens (tertiary/aromatic N) is 3. The maximum Gasteiger partial charge on any atom is 0.203 e. The van der Waals surface area contributed by atoms with Crippen LogP contribution in [0.2, 0.25) is 0 Å². The van der Waals surface area contributed by atoms with E-state index >= 15 is 0 Å². The lowest BCUT2D eigenvalue weighted by molar-refractivity contribution is 0.868. The summed E-state index contributed by atoms with van der Waals surface area (Å²) < 4.78 is 0. The number of aromatic nitrogens is 2. The van der Waals surface area contributed by atoms with E-state index in [0.717, 1.165) is 22.5 Å². The Labute approximate surface area is 79.6 Å². The molecule has 0 spiro atoms. The van der Waals surface area contributed by atoms with Gasteiger partial charge in [0.15, 0.2) is 0 Å². The van der Waals surface area contributed by atoms with Gasteiger partial charge in [0.1, 0.15) is 10.4 Å². The fourth-order valence-corrected chi connectivity index (χ4v) is 1.64. The summed E-state index contributed by atoms with van der Waals surface area (Å²) in [5.41, 5.74) is 0.895. The van der Waals surface area contributed by atoms with Gasteiger partial charge in [0, 0.05) is 17.5 Å². The van der Waals surface area contributed by atoms with Crippen LogP contribution in [0.3, 0.4) is 0 Å². The molecule has 0 bridgehead atoms. The Morgan fingerprint density at radius 2 is 2.25 bits per heavy atom. The lowest BCUT2D eigenvalue weighted by Crippen LogP contribution is -1.90. The zero-order valence-electron chi connectivity index (χ0n) is 6.74. The first-order valence-corrected chi connectivity index (χ1v) is 5.26. The van der Waals surface area contributed by atoms with E-state index in [1.54, 1.807) is 11.8 Å². The van der Waals surface area contributed by atoms with Gasteiger partial charge in [-0.2, -0.15) is 5.26 Å². The largest absolute Gasteiger partial charge is 0.227 e. The van der Waals surface area contributed by atoms with E-state index in [2.05, 4.69) is 9.97 Å². The van der Waals surface area contributed by atoms with Gasteiger partial charge in [-0.3, -0.25) is 0 Å². The smallest absolute Gasteiger partial charge is 0.203 e. The topological polar surface area (TPSA) is 49.6 Å². The number of aryl methyl sites for hydroxylation is 1. The predicted octanol–water partition coefficient (Wildman–Crippen LogP) is 2.08. The minimum Gasteiger partial charge on any atom is -0.227 e. The standard InChI is InChI=1S/C7H7N3S2/c1-5-3-6(11-2)10-7(9-5)12-4-8/h3H,1-2H3. The Hall–Kier alpha value is -0.730. The molecule has 0 fully saturated rings. The quantitative estimate of drug-likeness (QED) is 0.314. The molecular formula is C7H7N3S2. The van der Waals surface area contributed by atoms with Gasteiger partial charge in [-0.15, -0.1) is 11.8 Å². The molecule has 0 aliphatic carbocycles. The van der Waals surface area contributed by atoms with Crippen molar-refractivity contribution in [2.75, 3.05) is 6.26 Å². The van der Waals surface area contributed by atoms with Crippen LogP contribution in [0.4, 0.5) is 0 Å². The predicted molar refractivity (Wildman–Crippen MR) is 50.0 cm³/mol. The maximum absolute atomic E-state index is 8.40. The van der Waals surface area contributed by atoms with E-state index in [1.807, 2.05) is 24.6 Å². The molecule has 0 amide bonds. The highest BCUT2D eigenvalue weighted by Crippen LogP contribution is 2.17. The molecule has 0 aliphatic rings. The van der Waals surface area contributed by atoms with Gasteiger partial charge in [-0.1, -0.05) is 0 Å². The second kappa shape index (κ2) is 4.33. The summed E-state index contributed by atoms with van der Waals surface area (Å²) >= 11 is 2.54. The SMILES string of the molecule is CSc1cc(C)nc(SC#N)n1. The minimum absolute atomic E-state index is 0.529. The summed E-state index contributed by atoms with van der Waals surface area (Å²) in [4.78, 5) is 8.22. The van der Waals surface area contributed by atoms with Crippen LogP contribution in [0, 0.1) is 17.6 Å². The molecule has 3 nitrogen and oxygen atoms in total. The van der Waals surface area contributed by atoms with Crippen molar-refractivity contribution >= 4 is 23.5 Å². The lowest BCUT2D eigenvalue weighted by atomic mass is 10.5. The summed E-state index contributed by atoms with van der Waals surface area (Å²) in [7, 11) is 0. The molecule has 0 N–H and O–H groups in total. The third-order valence-corrected chi connectivity index (χ3v) is 2.24. The number of thioether (sulfide) groups is 2. The molecule has 0 saturated heterocycles. The highest BCUT2D eigenvalue weighted by molar-refractivity contribution is 8.03. The molecular weight excluding hydrogens is 190 g/mol. The molecule has 5 heteroatoms. The maximum atomic E-state index is 8.40. The van der Waals surface area contributed by atoms with E-state index in [0.29, 0.717) is 5.16 Å². The normalized spacial score (nSPS) is 9.42. The van der Waals surface area contributed by atoms with Gasteiger partial charge >= 0.3 is 0 Å². The molecule has 0 radical (unpaired) electrons. The van der Waals surface area contributed by atoms with Crippen molar-refractivity contribution in [3.63, 3.8) is 0 Å². The minimum atomic E-state index is 0.529. The summed E-state index contributed by atoms with van der Waals surface area (Å²) in [5, 5.41) is 11.8. The van der Waals surface area contributed by atoms with Crippen molar-refractivity contribution in [3.05, 3.63) is 11.8 Å². The van der Waals surface area contributed by atoms with Crippen molar-refractivity contribution in [1.29, 1.82) is 5.26 Å². The third kappa shape index (κ3) is 2.40. The Balaban J connectivity index is 2.99. The van der Waals surface area contributed by atoms with Gasteiger partial charge in [0.05, 0.1) is 0 Å². The molecule has 0 saturated carbocycles. The number of thiocyanates is 1. The summed E-state index contributed by atoms with van der Waals surface area (Å²) in [6.07, 6.45) is 1.95. The fraction of sp³-hybridized carbons (Fsp3) is 0.286. The Morgan fingerprint density at radius 1 is 1.50 bits per heavy atom. The molecule has 62 valence electrons. The molecule has 1 heterocycles. The molecule has 0 unspecified atom stereocenters. The van der Waals surface area contributed by atoms with E-state index < -0.39 is 0 Å². The monoisotopic (exact) mass is 197 g/mol. The molecule has 12 heavy (non-hydrogen) atoms. The molecule has 0 atom stereocenters. The zero-order valence-corrected chi connectivity index (χ0v) is 8.37. The molecule has 0 aromatic carbocycles. The van der Waals surface area contributed by atoms with Crippen molar-refractivity contribution in [2.24, 2.45) is 0 Å². The second-order valence-corrected chi connectivity index (χ2v) is 3.61. The second-order valence-electron chi connectivity index (χ2n) is 2.03. The van der Waals surface area contributed by atoms with Gasteiger partial charge in [0.2, 0.25) is 5.16 Å². The van der Waals surface area contributed by atoms with Crippen LogP contribution in [0.15, 0.2) is 16.2 Å². The zero-order chi connectivity index (χ0) is 8.97. The van der Waals surface area contributed by atoms with Gasteiger partial charge in [-0.05, 0) is 19.2 Å². The first-order chi connectivity index (χ1) is 5.76. The lowest BCUT2D eigenvalue weighted by Gasteiger charge is -1.98. The molecule has 1 aromatic rings. The van der Waals surface area contributed by atoms with Crippen molar-refractivity contribution < 1.29 is 0 Å². The van der Waals surface area contributed by atoms with Crippen LogP contribution in [0.25, 0.3) is 0 Å². The van der Waals surface area contributed by atoms with Crippen LogP contribution in [0.1, 0.15) is 5.69 Å². The van der Waals surface area contributed by atoms with Crippen molar-refractivity contribution in [1.82, 2.24) is 9.97 Å². The van der Waals surface area contributed by atoms with Crippen LogP contribution in [-0.4, -0.2) is 16.2 Å². The summed E-state index contributed by atoms with van der Waals surface area (Å²) in [5.74, 6) is 0. The summed E-state index contributed by atoms with van der Waals surface area (Å²) in [6.45, 7) is 1.89. The van der Waals surface area contributed by atoms with Crippen LogP contribution in [-0.2, 0) is 0 Å². The average molecular weight is 197 g/mol. The van der Waals surface area contributed by atoms with E-state index in [9.17, 15) is 0 Å². The molecule has 0 aliphatic heterocycles. The van der Waals surface area contributed by atoms with E-state index in [1.165, 1.54) is 0 Å². The average Bonchev–Trinajstić information content (AvgIpc) is 2.04. The number of nitriles is 1. The third-order valence-electron chi connectivity index (χ3n) is 1.16. The van der Waals surface area contributed by atoms with Gasteiger partial charge in [0.25, 0.3) is 0 Å². The van der Waals surface area contributed by atoms with Crippen molar-refractivity contribution in [2.45, 2.75) is 17.1 Å². The van der Waals surface area contributed by atoms with Crippen LogP contribution in [0.5, 0.6) is 0 Å². The Morgan fingerprint density at radius 3 is 2.83 bits per heavy atom.